The zero-order valence-electron chi connectivity index (χ0n) is 17.6. The molecule has 1 fully saturated rings. The van der Waals surface area contributed by atoms with Crippen molar-refractivity contribution >= 4 is 16.8 Å². The Balaban J connectivity index is 1.26. The van der Waals surface area contributed by atoms with Crippen LogP contribution in [0.15, 0.2) is 42.6 Å². The first-order chi connectivity index (χ1) is 15.0. The molecule has 0 radical (unpaired) electrons. The van der Waals surface area contributed by atoms with Crippen LogP contribution in [-0.4, -0.2) is 49.1 Å². The van der Waals surface area contributed by atoms with Crippen molar-refractivity contribution in [3.05, 3.63) is 65.4 Å². The average molecular weight is 427 g/mol. The van der Waals surface area contributed by atoms with E-state index in [9.17, 15) is 13.6 Å². The number of H-pyrrole nitrogens is 1. The van der Waals surface area contributed by atoms with Gasteiger partial charge in [0.2, 0.25) is 5.91 Å². The van der Waals surface area contributed by atoms with E-state index in [1.807, 2.05) is 12.1 Å². The number of methoxy groups -OCH3 is 1. The molecule has 0 bridgehead atoms. The molecule has 1 aromatic heterocycles. The Morgan fingerprint density at radius 1 is 1.19 bits per heavy atom. The number of aromatic amines is 1. The lowest BCUT2D eigenvalue weighted by Gasteiger charge is -2.31. The van der Waals surface area contributed by atoms with Crippen LogP contribution in [0.4, 0.5) is 8.78 Å². The summed E-state index contributed by atoms with van der Waals surface area (Å²) in [5.41, 5.74) is 2.41. The molecule has 0 aliphatic carbocycles. The molecule has 2 aromatic carbocycles. The molecule has 3 aromatic rings. The monoisotopic (exact) mass is 427 g/mol. The van der Waals surface area contributed by atoms with Gasteiger partial charge in [-0.25, -0.2) is 8.78 Å². The van der Waals surface area contributed by atoms with Crippen LogP contribution in [0, 0.1) is 11.6 Å². The summed E-state index contributed by atoms with van der Waals surface area (Å²) in [7, 11) is 1.67. The first kappa shape index (κ1) is 21.3. The highest BCUT2D eigenvalue weighted by Gasteiger charge is 2.24. The quantitative estimate of drug-likeness (QED) is 0.600. The van der Waals surface area contributed by atoms with Gasteiger partial charge in [0, 0.05) is 29.2 Å². The third-order valence-corrected chi connectivity index (χ3v) is 6.07. The minimum absolute atomic E-state index is 0.0129. The van der Waals surface area contributed by atoms with E-state index in [2.05, 4.69) is 27.5 Å². The Labute approximate surface area is 180 Å². The molecule has 0 atom stereocenters. The number of amides is 1. The van der Waals surface area contributed by atoms with Crippen LogP contribution in [0.3, 0.4) is 0 Å². The molecule has 1 amide bonds. The van der Waals surface area contributed by atoms with Gasteiger partial charge in [-0.3, -0.25) is 9.69 Å². The number of fused-ring (bicyclic) bond motifs is 1. The lowest BCUT2D eigenvalue weighted by atomic mass is 9.89. The molecule has 1 saturated heterocycles. The normalized spacial score (nSPS) is 15.3. The molecule has 1 aliphatic heterocycles. The molecule has 2 N–H and O–H groups in total. The van der Waals surface area contributed by atoms with E-state index >= 15 is 0 Å². The van der Waals surface area contributed by atoms with Gasteiger partial charge in [0.05, 0.1) is 13.7 Å². The van der Waals surface area contributed by atoms with Crippen molar-refractivity contribution in [1.82, 2.24) is 15.2 Å². The number of halogens is 2. The van der Waals surface area contributed by atoms with Crippen molar-refractivity contribution in [3.8, 4) is 5.75 Å². The topological polar surface area (TPSA) is 57.4 Å². The van der Waals surface area contributed by atoms with E-state index in [0.29, 0.717) is 12.5 Å². The number of piperidine rings is 1. The summed E-state index contributed by atoms with van der Waals surface area (Å²) in [6.07, 6.45) is 4.16. The number of nitrogens with zero attached hydrogens (tertiary/aromatic N) is 1. The number of carbonyl (C=O) groups excluding carboxylic acids is 1. The Hall–Kier alpha value is -2.93. The number of hydrogen-bond acceptors (Lipinski definition) is 3. The number of hydrogen-bond donors (Lipinski definition) is 2. The Morgan fingerprint density at radius 2 is 1.94 bits per heavy atom. The molecular formula is C24H27F2N3O2. The fourth-order valence-corrected chi connectivity index (χ4v) is 4.35. The molecule has 7 heteroatoms. The maximum atomic E-state index is 13.7. The Kier molecular flexibility index (Phi) is 6.51. The third kappa shape index (κ3) is 4.88. The van der Waals surface area contributed by atoms with Crippen LogP contribution in [0.5, 0.6) is 5.75 Å². The molecule has 2 heterocycles. The first-order valence-electron chi connectivity index (χ1n) is 10.6. The summed E-state index contributed by atoms with van der Waals surface area (Å²) >= 11 is 0. The first-order valence-corrected chi connectivity index (χ1v) is 10.6. The summed E-state index contributed by atoms with van der Waals surface area (Å²) < 4.78 is 32.7. The highest BCUT2D eigenvalue weighted by atomic mass is 19.1. The van der Waals surface area contributed by atoms with Gasteiger partial charge in [-0.2, -0.15) is 0 Å². The second-order valence-corrected chi connectivity index (χ2v) is 8.01. The second kappa shape index (κ2) is 9.47. The lowest BCUT2D eigenvalue weighted by molar-refractivity contribution is -0.122. The lowest BCUT2D eigenvalue weighted by Crippen LogP contribution is -2.41. The van der Waals surface area contributed by atoms with E-state index in [4.69, 9.17) is 4.74 Å². The Morgan fingerprint density at radius 3 is 2.65 bits per heavy atom. The highest BCUT2D eigenvalue weighted by Crippen LogP contribution is 2.34. The predicted octanol–water partition coefficient (Wildman–Crippen LogP) is 3.99. The molecular weight excluding hydrogens is 400 g/mol. The van der Waals surface area contributed by atoms with Crippen molar-refractivity contribution in [2.75, 3.05) is 33.3 Å². The largest absolute Gasteiger partial charge is 0.497 e. The van der Waals surface area contributed by atoms with Crippen LogP contribution in [0.2, 0.25) is 0 Å². The fraction of sp³-hybridized carbons (Fsp3) is 0.375. The molecule has 5 nitrogen and oxygen atoms in total. The van der Waals surface area contributed by atoms with Crippen LogP contribution < -0.4 is 10.1 Å². The molecule has 31 heavy (non-hydrogen) atoms. The van der Waals surface area contributed by atoms with Gasteiger partial charge < -0.3 is 15.0 Å². The smallest absolute Gasteiger partial charge is 0.234 e. The van der Waals surface area contributed by atoms with E-state index in [1.54, 1.807) is 7.11 Å². The number of benzene rings is 2. The highest BCUT2D eigenvalue weighted by molar-refractivity contribution is 5.85. The summed E-state index contributed by atoms with van der Waals surface area (Å²) in [4.78, 5) is 17.7. The third-order valence-electron chi connectivity index (χ3n) is 6.07. The number of nitrogens with one attached hydrogen (secondary N) is 2. The fourth-order valence-electron chi connectivity index (χ4n) is 4.35. The summed E-state index contributed by atoms with van der Waals surface area (Å²) in [5.74, 6) is 0.00592. The van der Waals surface area contributed by atoms with Crippen molar-refractivity contribution < 1.29 is 18.3 Å². The molecule has 4 rings (SSSR count). The summed E-state index contributed by atoms with van der Waals surface area (Å²) in [6.45, 7) is 2.17. The average Bonchev–Trinajstić information content (AvgIpc) is 3.19. The van der Waals surface area contributed by atoms with Crippen LogP contribution >= 0.6 is 0 Å². The Bertz CT molecular complexity index is 1040. The van der Waals surface area contributed by atoms with Gasteiger partial charge in [0.15, 0.2) is 0 Å². The minimum atomic E-state index is -0.578. The molecule has 0 spiro atoms. The molecule has 1 aliphatic rings. The van der Waals surface area contributed by atoms with Gasteiger partial charge in [-0.15, -0.1) is 0 Å². The number of rotatable bonds is 7. The summed E-state index contributed by atoms with van der Waals surface area (Å²) in [5, 5.41) is 3.97. The van der Waals surface area contributed by atoms with Gasteiger partial charge in [0.25, 0.3) is 0 Å². The number of aromatic nitrogens is 1. The van der Waals surface area contributed by atoms with E-state index in [-0.39, 0.29) is 24.4 Å². The van der Waals surface area contributed by atoms with Gasteiger partial charge in [-0.05, 0) is 74.2 Å². The summed E-state index contributed by atoms with van der Waals surface area (Å²) in [6, 6.07) is 9.85. The molecule has 0 unspecified atom stereocenters. The minimum Gasteiger partial charge on any atom is -0.497 e. The van der Waals surface area contributed by atoms with Crippen molar-refractivity contribution in [1.29, 1.82) is 0 Å². The van der Waals surface area contributed by atoms with Crippen molar-refractivity contribution in [2.45, 2.75) is 25.2 Å². The van der Waals surface area contributed by atoms with E-state index < -0.39 is 11.6 Å². The number of likely N-dealkylation sites (tertiary alicyclic amines) is 1. The van der Waals surface area contributed by atoms with E-state index in [0.717, 1.165) is 37.2 Å². The predicted molar refractivity (Wildman–Crippen MR) is 116 cm³/mol. The number of carbonyl (C=O) groups is 1. The van der Waals surface area contributed by atoms with Crippen LogP contribution in [-0.2, 0) is 11.2 Å². The standard InChI is InChI=1S/C24H27F2N3O2/c1-31-17-5-6-23-19(13-17)20(14-28-23)16-8-11-29(12-9-16)15-24(30)27-10-7-18-21(25)3-2-4-22(18)26/h2-6,13-14,16,28H,7-12,15H2,1H3,(H,27,30). The maximum absolute atomic E-state index is 13.7. The zero-order valence-corrected chi connectivity index (χ0v) is 17.6. The SMILES string of the molecule is COc1ccc2[nH]cc(C3CCN(CC(=O)NCCc4c(F)cccc4F)CC3)c2c1. The number of ether oxygens (including phenoxy) is 1. The zero-order chi connectivity index (χ0) is 21.8. The molecule has 164 valence electrons. The van der Waals surface area contributed by atoms with Gasteiger partial charge >= 0.3 is 0 Å². The van der Waals surface area contributed by atoms with E-state index in [1.165, 1.54) is 29.1 Å². The molecule has 0 saturated carbocycles. The van der Waals surface area contributed by atoms with Crippen molar-refractivity contribution in [3.63, 3.8) is 0 Å². The second-order valence-electron chi connectivity index (χ2n) is 8.01. The van der Waals surface area contributed by atoms with Crippen molar-refractivity contribution in [2.24, 2.45) is 0 Å². The van der Waals surface area contributed by atoms with Crippen LogP contribution in [0.25, 0.3) is 10.9 Å². The van der Waals surface area contributed by atoms with Gasteiger partial charge in [0.1, 0.15) is 17.4 Å². The van der Waals surface area contributed by atoms with Crippen LogP contribution in [0.1, 0.15) is 29.9 Å². The maximum Gasteiger partial charge on any atom is 0.234 e. The van der Waals surface area contributed by atoms with Gasteiger partial charge in [-0.1, -0.05) is 6.07 Å².